The number of carbonyl (C=O) groups excluding carboxylic acids is 1. The van der Waals surface area contributed by atoms with Crippen molar-refractivity contribution in [3.63, 3.8) is 0 Å². The van der Waals surface area contributed by atoms with Crippen LogP contribution in [0.3, 0.4) is 0 Å². The van der Waals surface area contributed by atoms with Crippen molar-refractivity contribution in [1.29, 1.82) is 0 Å². The summed E-state index contributed by atoms with van der Waals surface area (Å²) in [6.45, 7) is 1.01. The van der Waals surface area contributed by atoms with Gasteiger partial charge in [-0.2, -0.15) is 0 Å². The molecule has 0 spiro atoms. The predicted molar refractivity (Wildman–Crippen MR) is 63.6 cm³/mol. The lowest BCUT2D eigenvalue weighted by molar-refractivity contribution is 0.0264. The van der Waals surface area contributed by atoms with E-state index in [1.54, 1.807) is 24.3 Å². The molecule has 1 atom stereocenters. The first-order valence-electron chi connectivity index (χ1n) is 5.53. The quantitative estimate of drug-likeness (QED) is 0.652. The highest BCUT2D eigenvalue weighted by Gasteiger charge is 2.32. The number of benzene rings is 1. The van der Waals surface area contributed by atoms with Crippen LogP contribution in [0.4, 0.5) is 5.69 Å². The van der Waals surface area contributed by atoms with Crippen molar-refractivity contribution in [2.75, 3.05) is 25.5 Å². The Hall–Kier alpha value is -1.59. The topological polar surface area (TPSA) is 84.6 Å². The molecular weight excluding hydrogens is 220 g/mol. The number of anilines is 1. The monoisotopic (exact) mass is 236 g/mol. The summed E-state index contributed by atoms with van der Waals surface area (Å²) >= 11 is 0. The Morgan fingerprint density at radius 3 is 2.76 bits per heavy atom. The number of nitrogens with one attached hydrogen (secondary N) is 1. The van der Waals surface area contributed by atoms with Gasteiger partial charge in [-0.1, -0.05) is 0 Å². The molecule has 0 radical (unpaired) electrons. The fraction of sp³-hybridized carbons (Fsp3) is 0.417. The van der Waals surface area contributed by atoms with Crippen molar-refractivity contribution >= 4 is 11.6 Å². The van der Waals surface area contributed by atoms with Crippen molar-refractivity contribution in [2.24, 2.45) is 0 Å². The van der Waals surface area contributed by atoms with Gasteiger partial charge in [0.15, 0.2) is 0 Å². The molecule has 0 aromatic heterocycles. The van der Waals surface area contributed by atoms with Crippen LogP contribution < -0.4 is 11.1 Å². The lowest BCUT2D eigenvalue weighted by atomic mass is 10.0. The summed E-state index contributed by atoms with van der Waals surface area (Å²) in [6.07, 6.45) is 0.551. The van der Waals surface area contributed by atoms with E-state index < -0.39 is 5.60 Å². The van der Waals surface area contributed by atoms with Gasteiger partial charge < -0.3 is 20.9 Å². The number of amides is 1. The summed E-state index contributed by atoms with van der Waals surface area (Å²) in [5, 5.41) is 12.7. The second-order valence-corrected chi connectivity index (χ2v) is 4.33. The first kappa shape index (κ1) is 11.9. The van der Waals surface area contributed by atoms with Gasteiger partial charge in [0.1, 0.15) is 5.60 Å². The summed E-state index contributed by atoms with van der Waals surface area (Å²) in [7, 11) is 0. The smallest absolute Gasteiger partial charge is 0.251 e. The molecule has 1 aliphatic rings. The van der Waals surface area contributed by atoms with Gasteiger partial charge in [0.25, 0.3) is 5.91 Å². The zero-order chi connectivity index (χ0) is 12.3. The SMILES string of the molecule is Nc1ccc(C(=O)NCC2(O)CCOC2)cc1. The Labute approximate surface area is 99.6 Å². The number of ether oxygens (including phenoxy) is 1. The van der Waals surface area contributed by atoms with Gasteiger partial charge in [0.2, 0.25) is 0 Å². The molecule has 2 rings (SSSR count). The molecular formula is C12H16N2O3. The normalized spacial score (nSPS) is 23.6. The van der Waals surface area contributed by atoms with Gasteiger partial charge in [0.05, 0.1) is 6.61 Å². The molecule has 1 heterocycles. The first-order valence-corrected chi connectivity index (χ1v) is 5.53. The van der Waals surface area contributed by atoms with Gasteiger partial charge in [-0.3, -0.25) is 4.79 Å². The highest BCUT2D eigenvalue weighted by molar-refractivity contribution is 5.94. The lowest BCUT2D eigenvalue weighted by Crippen LogP contribution is -2.43. The number of nitrogen functional groups attached to an aromatic ring is 1. The fourth-order valence-corrected chi connectivity index (χ4v) is 1.72. The maximum absolute atomic E-state index is 11.8. The van der Waals surface area contributed by atoms with Gasteiger partial charge in [0, 0.05) is 30.8 Å². The van der Waals surface area contributed by atoms with E-state index in [0.29, 0.717) is 24.3 Å². The third-order valence-corrected chi connectivity index (χ3v) is 2.83. The maximum atomic E-state index is 11.8. The molecule has 5 nitrogen and oxygen atoms in total. The summed E-state index contributed by atoms with van der Waals surface area (Å²) in [4.78, 5) is 11.8. The van der Waals surface area contributed by atoms with Crippen LogP contribution in [0.5, 0.6) is 0 Å². The Morgan fingerprint density at radius 1 is 1.47 bits per heavy atom. The van der Waals surface area contributed by atoms with Crippen molar-refractivity contribution in [3.8, 4) is 0 Å². The second-order valence-electron chi connectivity index (χ2n) is 4.33. The van der Waals surface area contributed by atoms with E-state index in [4.69, 9.17) is 10.5 Å². The van der Waals surface area contributed by atoms with Crippen LogP contribution in [0.2, 0.25) is 0 Å². The molecule has 0 aliphatic carbocycles. The zero-order valence-electron chi connectivity index (χ0n) is 9.48. The van der Waals surface area contributed by atoms with E-state index in [2.05, 4.69) is 5.32 Å². The largest absolute Gasteiger partial charge is 0.399 e. The number of hydrogen-bond donors (Lipinski definition) is 3. The van der Waals surface area contributed by atoms with Crippen LogP contribution in [0.15, 0.2) is 24.3 Å². The average molecular weight is 236 g/mol. The maximum Gasteiger partial charge on any atom is 0.251 e. The lowest BCUT2D eigenvalue weighted by Gasteiger charge is -2.20. The number of hydrogen-bond acceptors (Lipinski definition) is 4. The molecule has 5 heteroatoms. The predicted octanol–water partition coefficient (Wildman–Crippen LogP) is 0.150. The van der Waals surface area contributed by atoms with Crippen LogP contribution in [-0.4, -0.2) is 36.4 Å². The Bertz CT molecular complexity index is 397. The minimum absolute atomic E-state index is 0.205. The van der Waals surface area contributed by atoms with Crippen LogP contribution in [0.1, 0.15) is 16.8 Å². The van der Waals surface area contributed by atoms with Crippen LogP contribution in [-0.2, 0) is 4.74 Å². The minimum atomic E-state index is -0.927. The van der Waals surface area contributed by atoms with Gasteiger partial charge in [-0.15, -0.1) is 0 Å². The van der Waals surface area contributed by atoms with E-state index >= 15 is 0 Å². The molecule has 1 unspecified atom stereocenters. The van der Waals surface area contributed by atoms with E-state index in [1.165, 1.54) is 0 Å². The van der Waals surface area contributed by atoms with Gasteiger partial charge in [-0.25, -0.2) is 0 Å². The van der Waals surface area contributed by atoms with Crippen molar-refractivity contribution in [3.05, 3.63) is 29.8 Å². The number of rotatable bonds is 3. The van der Waals surface area contributed by atoms with Crippen LogP contribution in [0, 0.1) is 0 Å². The standard InChI is InChI=1S/C12H16N2O3/c13-10-3-1-9(2-4-10)11(15)14-7-12(16)5-6-17-8-12/h1-4,16H,5-8,13H2,(H,14,15). The van der Waals surface area contributed by atoms with Gasteiger partial charge in [-0.05, 0) is 24.3 Å². The summed E-state index contributed by atoms with van der Waals surface area (Å²) in [5.41, 5.74) is 5.75. The summed E-state index contributed by atoms with van der Waals surface area (Å²) in [6, 6.07) is 6.64. The third-order valence-electron chi connectivity index (χ3n) is 2.83. The first-order chi connectivity index (χ1) is 8.09. The minimum Gasteiger partial charge on any atom is -0.399 e. The number of carbonyl (C=O) groups is 1. The molecule has 0 saturated carbocycles. The molecule has 4 N–H and O–H groups in total. The second kappa shape index (κ2) is 4.73. The zero-order valence-corrected chi connectivity index (χ0v) is 9.48. The van der Waals surface area contributed by atoms with E-state index in [9.17, 15) is 9.90 Å². The summed E-state index contributed by atoms with van der Waals surface area (Å²) < 4.78 is 5.10. The third kappa shape index (κ3) is 2.95. The van der Waals surface area contributed by atoms with Crippen molar-refractivity contribution in [1.82, 2.24) is 5.32 Å². The number of nitrogens with two attached hydrogens (primary N) is 1. The molecule has 0 bridgehead atoms. The molecule has 1 aromatic carbocycles. The molecule has 92 valence electrons. The van der Waals surface area contributed by atoms with E-state index in [-0.39, 0.29) is 19.1 Å². The number of aliphatic hydroxyl groups is 1. The van der Waals surface area contributed by atoms with E-state index in [1.807, 2.05) is 0 Å². The van der Waals surface area contributed by atoms with Crippen molar-refractivity contribution in [2.45, 2.75) is 12.0 Å². The Morgan fingerprint density at radius 2 is 2.18 bits per heavy atom. The Kier molecular flexibility index (Phi) is 3.31. The van der Waals surface area contributed by atoms with Crippen molar-refractivity contribution < 1.29 is 14.6 Å². The Balaban J connectivity index is 1.91. The van der Waals surface area contributed by atoms with Crippen LogP contribution in [0.25, 0.3) is 0 Å². The highest BCUT2D eigenvalue weighted by Crippen LogP contribution is 2.17. The summed E-state index contributed by atoms with van der Waals surface area (Å²) in [5.74, 6) is -0.217. The average Bonchev–Trinajstić information content (AvgIpc) is 2.75. The van der Waals surface area contributed by atoms with E-state index in [0.717, 1.165) is 0 Å². The van der Waals surface area contributed by atoms with Gasteiger partial charge >= 0.3 is 0 Å². The molecule has 1 amide bonds. The molecule has 1 saturated heterocycles. The molecule has 1 aliphatic heterocycles. The van der Waals surface area contributed by atoms with Crippen LogP contribution >= 0.6 is 0 Å². The molecule has 1 fully saturated rings. The molecule has 1 aromatic rings. The molecule has 17 heavy (non-hydrogen) atoms. The highest BCUT2D eigenvalue weighted by atomic mass is 16.5. The fourth-order valence-electron chi connectivity index (χ4n) is 1.72.